The molecule has 0 spiro atoms. The lowest BCUT2D eigenvalue weighted by molar-refractivity contribution is -0.147. The molecule has 6 nitrogen and oxygen atoms in total. The smallest absolute Gasteiger partial charge is 0.315 e. The van der Waals surface area contributed by atoms with Gasteiger partial charge in [-0.05, 0) is 56.1 Å². The highest BCUT2D eigenvalue weighted by molar-refractivity contribution is 5.82. The van der Waals surface area contributed by atoms with Gasteiger partial charge in [-0.25, -0.2) is 4.98 Å². The Balaban J connectivity index is 1.31. The first kappa shape index (κ1) is 22.9. The number of aromatic nitrogens is 2. The van der Waals surface area contributed by atoms with E-state index in [1.54, 1.807) is 6.20 Å². The molecule has 0 aliphatic carbocycles. The average molecular weight is 445 g/mol. The number of rotatable bonds is 8. The Bertz CT molecular complexity index is 1040. The summed E-state index contributed by atoms with van der Waals surface area (Å²) in [5.41, 5.74) is 2.19. The summed E-state index contributed by atoms with van der Waals surface area (Å²) >= 11 is 0. The summed E-state index contributed by atoms with van der Waals surface area (Å²) in [6.45, 7) is 6.80. The summed E-state index contributed by atoms with van der Waals surface area (Å²) in [6, 6.07) is 22.0. The van der Waals surface area contributed by atoms with Gasteiger partial charge >= 0.3 is 5.97 Å². The van der Waals surface area contributed by atoms with Gasteiger partial charge in [0, 0.05) is 32.4 Å². The van der Waals surface area contributed by atoms with Gasteiger partial charge in [-0.3, -0.25) is 14.7 Å². The third-order valence-corrected chi connectivity index (χ3v) is 6.56. The molecule has 1 fully saturated rings. The Morgan fingerprint density at radius 2 is 1.67 bits per heavy atom. The van der Waals surface area contributed by atoms with Gasteiger partial charge in [0.2, 0.25) is 0 Å². The van der Waals surface area contributed by atoms with Gasteiger partial charge in [-0.2, -0.15) is 0 Å². The van der Waals surface area contributed by atoms with Gasteiger partial charge in [-0.1, -0.05) is 42.5 Å². The number of hydrogen-bond acceptors (Lipinski definition) is 6. The molecular weight excluding hydrogens is 412 g/mol. The predicted octanol–water partition coefficient (Wildman–Crippen LogP) is 4.18. The van der Waals surface area contributed by atoms with Gasteiger partial charge < -0.3 is 9.64 Å². The minimum absolute atomic E-state index is 0.169. The van der Waals surface area contributed by atoms with Crippen molar-refractivity contribution in [2.24, 2.45) is 0 Å². The molecule has 33 heavy (non-hydrogen) atoms. The van der Waals surface area contributed by atoms with Crippen LogP contribution in [0.4, 0.5) is 5.82 Å². The lowest BCUT2D eigenvalue weighted by Gasteiger charge is -2.36. The van der Waals surface area contributed by atoms with Gasteiger partial charge in [0.05, 0.1) is 23.9 Å². The van der Waals surface area contributed by atoms with E-state index in [4.69, 9.17) is 9.72 Å². The number of carbonyl (C=O) groups is 1. The Labute approximate surface area is 196 Å². The van der Waals surface area contributed by atoms with E-state index in [2.05, 4.69) is 26.9 Å². The Morgan fingerprint density at radius 1 is 0.939 bits per heavy atom. The second kappa shape index (κ2) is 10.6. The first-order chi connectivity index (χ1) is 16.1. The van der Waals surface area contributed by atoms with Crippen LogP contribution in [0.25, 0.3) is 11.4 Å². The maximum Gasteiger partial charge on any atom is 0.315 e. The van der Waals surface area contributed by atoms with E-state index in [-0.39, 0.29) is 5.97 Å². The average Bonchev–Trinajstić information content (AvgIpc) is 2.89. The number of methoxy groups -OCH3 is 1. The van der Waals surface area contributed by atoms with E-state index in [0.717, 1.165) is 68.3 Å². The molecular formula is C27H32N4O2. The highest BCUT2D eigenvalue weighted by atomic mass is 16.5. The van der Waals surface area contributed by atoms with E-state index < -0.39 is 5.41 Å². The molecule has 0 bridgehead atoms. The quantitative estimate of drug-likeness (QED) is 0.486. The lowest BCUT2D eigenvalue weighted by atomic mass is 9.78. The van der Waals surface area contributed by atoms with Crippen molar-refractivity contribution in [1.29, 1.82) is 0 Å². The summed E-state index contributed by atoms with van der Waals surface area (Å²) in [7, 11) is 1.47. The molecule has 1 atom stereocenters. The highest BCUT2D eigenvalue weighted by Crippen LogP contribution is 2.30. The highest BCUT2D eigenvalue weighted by Gasteiger charge is 2.36. The third kappa shape index (κ3) is 5.40. The Morgan fingerprint density at radius 3 is 2.36 bits per heavy atom. The van der Waals surface area contributed by atoms with Crippen LogP contribution < -0.4 is 4.90 Å². The van der Waals surface area contributed by atoms with Crippen molar-refractivity contribution in [3.63, 3.8) is 0 Å². The van der Waals surface area contributed by atoms with Gasteiger partial charge in [0.25, 0.3) is 0 Å². The van der Waals surface area contributed by atoms with Crippen molar-refractivity contribution in [2.75, 3.05) is 44.7 Å². The normalized spacial score (nSPS) is 16.2. The zero-order valence-corrected chi connectivity index (χ0v) is 19.5. The number of ether oxygens (including phenoxy) is 1. The van der Waals surface area contributed by atoms with Crippen LogP contribution in [0.5, 0.6) is 0 Å². The van der Waals surface area contributed by atoms with E-state index in [9.17, 15) is 4.79 Å². The van der Waals surface area contributed by atoms with Crippen LogP contribution in [0, 0.1) is 0 Å². The van der Waals surface area contributed by atoms with Crippen molar-refractivity contribution >= 4 is 11.8 Å². The molecule has 1 saturated heterocycles. The summed E-state index contributed by atoms with van der Waals surface area (Å²) < 4.78 is 5.15. The number of pyridine rings is 2. The molecule has 0 N–H and O–H groups in total. The second-order valence-electron chi connectivity index (χ2n) is 8.72. The van der Waals surface area contributed by atoms with Crippen molar-refractivity contribution in [3.8, 4) is 11.4 Å². The zero-order valence-electron chi connectivity index (χ0n) is 19.5. The maximum absolute atomic E-state index is 12.6. The monoisotopic (exact) mass is 444 g/mol. The van der Waals surface area contributed by atoms with Crippen molar-refractivity contribution < 1.29 is 9.53 Å². The molecule has 0 radical (unpaired) electrons. The number of esters is 1. The summed E-state index contributed by atoms with van der Waals surface area (Å²) in [5.74, 6) is 0.831. The van der Waals surface area contributed by atoms with Crippen LogP contribution >= 0.6 is 0 Å². The van der Waals surface area contributed by atoms with Crippen molar-refractivity contribution in [1.82, 2.24) is 14.9 Å². The number of piperazine rings is 1. The standard InChI is InChI=1S/C27H32N4O2/c1-27(26(32)33-2,22-10-4-3-5-11-22)15-9-17-30-18-20-31(21-19-30)25-14-8-13-24(29-25)23-12-6-7-16-28-23/h3-8,10-14,16H,9,15,17-21H2,1-2H3. The molecule has 3 heterocycles. The SMILES string of the molecule is COC(=O)C(C)(CCCN1CCN(c2cccc(-c3ccccn3)n2)CC1)c1ccccc1. The number of anilines is 1. The molecule has 4 rings (SSSR count). The fraction of sp³-hybridized carbons (Fsp3) is 0.370. The van der Waals surface area contributed by atoms with E-state index in [0.29, 0.717) is 0 Å². The lowest BCUT2D eigenvalue weighted by Crippen LogP contribution is -2.47. The first-order valence-electron chi connectivity index (χ1n) is 11.6. The molecule has 172 valence electrons. The molecule has 0 saturated carbocycles. The largest absolute Gasteiger partial charge is 0.468 e. The third-order valence-electron chi connectivity index (χ3n) is 6.56. The Hall–Kier alpha value is -3.25. The molecule has 6 heteroatoms. The fourth-order valence-corrected chi connectivity index (χ4v) is 4.51. The number of carbonyl (C=O) groups excluding carboxylic acids is 1. The van der Waals surface area contributed by atoms with Gasteiger partial charge in [-0.15, -0.1) is 0 Å². The number of hydrogen-bond donors (Lipinski definition) is 0. The van der Waals surface area contributed by atoms with Crippen molar-refractivity contribution in [2.45, 2.75) is 25.2 Å². The molecule has 1 aliphatic rings. The first-order valence-corrected chi connectivity index (χ1v) is 11.6. The van der Waals surface area contributed by atoms with E-state index in [1.807, 2.05) is 61.5 Å². The summed E-state index contributed by atoms with van der Waals surface area (Å²) in [6.07, 6.45) is 3.50. The molecule has 3 aromatic rings. The van der Waals surface area contributed by atoms with E-state index >= 15 is 0 Å². The molecule has 0 amide bonds. The van der Waals surface area contributed by atoms with Crippen molar-refractivity contribution in [3.05, 3.63) is 78.5 Å². The molecule has 1 aliphatic heterocycles. The summed E-state index contributed by atoms with van der Waals surface area (Å²) in [5, 5.41) is 0. The van der Waals surface area contributed by atoms with Crippen LogP contribution in [0.15, 0.2) is 72.9 Å². The minimum atomic E-state index is -0.617. The van der Waals surface area contributed by atoms with Gasteiger partial charge in [0.1, 0.15) is 5.82 Å². The van der Waals surface area contributed by atoms with Crippen LogP contribution in [0.2, 0.25) is 0 Å². The minimum Gasteiger partial charge on any atom is -0.468 e. The number of benzene rings is 1. The fourth-order valence-electron chi connectivity index (χ4n) is 4.51. The molecule has 1 unspecified atom stereocenters. The molecule has 1 aromatic carbocycles. The van der Waals surface area contributed by atoms with Gasteiger partial charge in [0.15, 0.2) is 0 Å². The van der Waals surface area contributed by atoms with E-state index in [1.165, 1.54) is 7.11 Å². The number of nitrogens with zero attached hydrogens (tertiary/aromatic N) is 4. The van der Waals surface area contributed by atoms with Crippen LogP contribution in [0.3, 0.4) is 0 Å². The van der Waals surface area contributed by atoms with Crippen LogP contribution in [0.1, 0.15) is 25.3 Å². The van der Waals surface area contributed by atoms with Crippen LogP contribution in [-0.4, -0.2) is 60.7 Å². The Kier molecular flexibility index (Phi) is 7.35. The zero-order chi connectivity index (χ0) is 23.1. The van der Waals surface area contributed by atoms with Crippen LogP contribution in [-0.2, 0) is 14.9 Å². The predicted molar refractivity (Wildman–Crippen MR) is 131 cm³/mol. The molecule has 2 aromatic heterocycles. The topological polar surface area (TPSA) is 58.6 Å². The maximum atomic E-state index is 12.6. The summed E-state index contributed by atoms with van der Waals surface area (Å²) in [4.78, 5) is 26.7. The second-order valence-corrected chi connectivity index (χ2v) is 8.72.